The Morgan fingerprint density at radius 3 is 2.96 bits per heavy atom. The third kappa shape index (κ3) is 3.95. The van der Waals surface area contributed by atoms with Gasteiger partial charge in [0.2, 0.25) is 0 Å². The van der Waals surface area contributed by atoms with Crippen LogP contribution in [0.2, 0.25) is 0 Å². The highest BCUT2D eigenvalue weighted by atomic mass is 32.1. The molecule has 7 heteroatoms. The van der Waals surface area contributed by atoms with Gasteiger partial charge in [0, 0.05) is 18.9 Å². The van der Waals surface area contributed by atoms with Crippen molar-refractivity contribution >= 4 is 22.4 Å². The predicted octanol–water partition coefficient (Wildman–Crippen LogP) is 2.98. The van der Waals surface area contributed by atoms with Crippen molar-refractivity contribution in [1.82, 2.24) is 15.3 Å². The number of aromatic nitrogens is 2. The first-order valence-corrected chi connectivity index (χ1v) is 7.95. The number of carbonyl (C=O) groups is 1. The number of hydrogen-bond acceptors (Lipinski definition) is 6. The van der Waals surface area contributed by atoms with Crippen LogP contribution in [0.1, 0.15) is 26.7 Å². The second kappa shape index (κ2) is 7.06. The number of hydrogen-bond donors (Lipinski definition) is 2. The zero-order valence-corrected chi connectivity index (χ0v) is 13.4. The molecule has 0 saturated heterocycles. The van der Waals surface area contributed by atoms with E-state index in [1.165, 1.54) is 11.3 Å². The normalized spacial score (nSPS) is 10.5. The van der Waals surface area contributed by atoms with Crippen LogP contribution in [0.3, 0.4) is 0 Å². The van der Waals surface area contributed by atoms with Gasteiger partial charge in [-0.3, -0.25) is 9.78 Å². The van der Waals surface area contributed by atoms with Crippen molar-refractivity contribution in [2.45, 2.75) is 20.0 Å². The highest BCUT2D eigenvalue weighted by Gasteiger charge is 2.15. The van der Waals surface area contributed by atoms with Gasteiger partial charge in [-0.1, -0.05) is 17.4 Å². The Balaban J connectivity index is 1.59. The number of anilines is 1. The lowest BCUT2D eigenvalue weighted by Crippen LogP contribution is -2.22. The Kier molecular flexibility index (Phi) is 4.68. The SMILES string of the molecule is Cc1nc(NCc2ccco2)sc1C(=O)NCc1cccnc1. The van der Waals surface area contributed by atoms with E-state index >= 15 is 0 Å². The van der Waals surface area contributed by atoms with Crippen LogP contribution in [-0.2, 0) is 13.1 Å². The number of pyridine rings is 1. The van der Waals surface area contributed by atoms with Gasteiger partial charge in [0.05, 0.1) is 18.5 Å². The van der Waals surface area contributed by atoms with Gasteiger partial charge >= 0.3 is 0 Å². The minimum Gasteiger partial charge on any atom is -0.467 e. The molecule has 0 aliphatic rings. The number of thiazole rings is 1. The number of aryl methyl sites for hydroxylation is 1. The van der Waals surface area contributed by atoms with Crippen molar-refractivity contribution < 1.29 is 9.21 Å². The summed E-state index contributed by atoms with van der Waals surface area (Å²) in [6.07, 6.45) is 5.06. The summed E-state index contributed by atoms with van der Waals surface area (Å²) in [6, 6.07) is 7.48. The maximum absolute atomic E-state index is 12.3. The fourth-order valence-electron chi connectivity index (χ4n) is 2.02. The summed E-state index contributed by atoms with van der Waals surface area (Å²) in [5.74, 6) is 0.690. The maximum atomic E-state index is 12.3. The first-order chi connectivity index (χ1) is 11.2. The molecule has 3 aromatic heterocycles. The van der Waals surface area contributed by atoms with Crippen LogP contribution >= 0.6 is 11.3 Å². The van der Waals surface area contributed by atoms with Gasteiger partial charge in [0.1, 0.15) is 10.6 Å². The van der Waals surface area contributed by atoms with E-state index in [0.717, 1.165) is 11.3 Å². The molecule has 0 aliphatic carbocycles. The van der Waals surface area contributed by atoms with E-state index in [9.17, 15) is 4.79 Å². The van der Waals surface area contributed by atoms with E-state index in [-0.39, 0.29) is 5.91 Å². The van der Waals surface area contributed by atoms with Gasteiger partial charge in [0.25, 0.3) is 5.91 Å². The quantitative estimate of drug-likeness (QED) is 0.727. The first-order valence-electron chi connectivity index (χ1n) is 7.13. The molecule has 3 rings (SSSR count). The van der Waals surface area contributed by atoms with Gasteiger partial charge in [-0.05, 0) is 30.7 Å². The largest absolute Gasteiger partial charge is 0.467 e. The molecule has 118 valence electrons. The van der Waals surface area contributed by atoms with Crippen molar-refractivity contribution in [3.05, 3.63) is 64.8 Å². The van der Waals surface area contributed by atoms with Gasteiger partial charge in [-0.15, -0.1) is 0 Å². The monoisotopic (exact) mass is 328 g/mol. The van der Waals surface area contributed by atoms with Crippen molar-refractivity contribution in [1.29, 1.82) is 0 Å². The molecule has 3 aromatic rings. The Morgan fingerprint density at radius 1 is 1.30 bits per heavy atom. The third-order valence-corrected chi connectivity index (χ3v) is 4.29. The zero-order chi connectivity index (χ0) is 16.1. The topological polar surface area (TPSA) is 80.0 Å². The van der Waals surface area contributed by atoms with E-state index in [4.69, 9.17) is 4.42 Å². The fourth-order valence-corrected chi connectivity index (χ4v) is 2.90. The molecule has 0 spiro atoms. The lowest BCUT2D eigenvalue weighted by atomic mass is 10.3. The lowest BCUT2D eigenvalue weighted by molar-refractivity contribution is 0.0954. The maximum Gasteiger partial charge on any atom is 0.263 e. The Labute approximate surface area is 137 Å². The molecule has 6 nitrogen and oxygen atoms in total. The molecular weight excluding hydrogens is 312 g/mol. The van der Waals surface area contributed by atoms with Gasteiger partial charge in [0.15, 0.2) is 5.13 Å². The second-order valence-corrected chi connectivity index (χ2v) is 5.91. The molecule has 0 saturated carbocycles. The molecule has 23 heavy (non-hydrogen) atoms. The van der Waals surface area contributed by atoms with E-state index in [0.29, 0.717) is 28.8 Å². The van der Waals surface area contributed by atoms with Crippen LogP contribution in [0.5, 0.6) is 0 Å². The van der Waals surface area contributed by atoms with Crippen molar-refractivity contribution in [3.8, 4) is 0 Å². The van der Waals surface area contributed by atoms with Crippen LogP contribution < -0.4 is 10.6 Å². The fraction of sp³-hybridized carbons (Fsp3) is 0.188. The molecular formula is C16H16N4O2S. The van der Waals surface area contributed by atoms with E-state index < -0.39 is 0 Å². The highest BCUT2D eigenvalue weighted by molar-refractivity contribution is 7.17. The number of rotatable bonds is 6. The molecule has 3 heterocycles. The minimum atomic E-state index is -0.130. The van der Waals surface area contributed by atoms with Gasteiger partial charge in [-0.25, -0.2) is 4.98 Å². The first kappa shape index (κ1) is 15.2. The van der Waals surface area contributed by atoms with Gasteiger partial charge < -0.3 is 15.1 Å². The Morgan fingerprint density at radius 2 is 2.22 bits per heavy atom. The van der Waals surface area contributed by atoms with Crippen molar-refractivity contribution in [2.75, 3.05) is 5.32 Å². The number of furan rings is 1. The highest BCUT2D eigenvalue weighted by Crippen LogP contribution is 2.23. The van der Waals surface area contributed by atoms with Crippen molar-refractivity contribution in [3.63, 3.8) is 0 Å². The lowest BCUT2D eigenvalue weighted by Gasteiger charge is -2.03. The number of carbonyl (C=O) groups excluding carboxylic acids is 1. The zero-order valence-electron chi connectivity index (χ0n) is 12.6. The summed E-state index contributed by atoms with van der Waals surface area (Å²) < 4.78 is 5.26. The molecule has 0 aromatic carbocycles. The van der Waals surface area contributed by atoms with Crippen LogP contribution in [0, 0.1) is 6.92 Å². The van der Waals surface area contributed by atoms with Crippen LogP contribution in [0.15, 0.2) is 47.3 Å². The average molecular weight is 328 g/mol. The predicted molar refractivity (Wildman–Crippen MR) is 88.3 cm³/mol. The molecule has 0 radical (unpaired) electrons. The third-order valence-electron chi connectivity index (χ3n) is 3.17. The molecule has 0 bridgehead atoms. The molecule has 2 N–H and O–H groups in total. The Bertz CT molecular complexity index is 769. The summed E-state index contributed by atoms with van der Waals surface area (Å²) in [4.78, 5) is 21.3. The van der Waals surface area contributed by atoms with E-state index in [1.807, 2.05) is 31.2 Å². The van der Waals surface area contributed by atoms with Crippen LogP contribution in [-0.4, -0.2) is 15.9 Å². The summed E-state index contributed by atoms with van der Waals surface area (Å²) in [5, 5.41) is 6.74. The van der Waals surface area contributed by atoms with Crippen molar-refractivity contribution in [2.24, 2.45) is 0 Å². The number of nitrogens with one attached hydrogen (secondary N) is 2. The van der Waals surface area contributed by atoms with Crippen LogP contribution in [0.25, 0.3) is 0 Å². The van der Waals surface area contributed by atoms with Crippen LogP contribution in [0.4, 0.5) is 5.13 Å². The summed E-state index contributed by atoms with van der Waals surface area (Å²) in [6.45, 7) is 2.81. The molecule has 0 atom stereocenters. The van der Waals surface area contributed by atoms with Gasteiger partial charge in [-0.2, -0.15) is 0 Å². The molecule has 0 aliphatic heterocycles. The molecule has 0 unspecified atom stereocenters. The second-order valence-electron chi connectivity index (χ2n) is 4.91. The summed E-state index contributed by atoms with van der Waals surface area (Å²) in [5.41, 5.74) is 1.67. The molecule has 1 amide bonds. The standard InChI is InChI=1S/C16H16N4O2S/c1-11-14(15(21)18-9-12-4-2-6-17-8-12)23-16(20-11)19-10-13-5-3-7-22-13/h2-8H,9-10H2,1H3,(H,18,21)(H,19,20). The van der Waals surface area contributed by atoms with E-state index in [2.05, 4.69) is 20.6 Å². The number of amides is 1. The minimum absolute atomic E-state index is 0.130. The Hall–Kier alpha value is -2.67. The summed E-state index contributed by atoms with van der Waals surface area (Å²) in [7, 11) is 0. The smallest absolute Gasteiger partial charge is 0.263 e. The van der Waals surface area contributed by atoms with E-state index in [1.54, 1.807) is 18.7 Å². The number of nitrogens with zero attached hydrogens (tertiary/aromatic N) is 2. The molecule has 0 fully saturated rings. The average Bonchev–Trinajstić information content (AvgIpc) is 3.21. The summed E-state index contributed by atoms with van der Waals surface area (Å²) >= 11 is 1.33.